The Morgan fingerprint density at radius 1 is 1.14 bits per heavy atom. The first-order valence-corrected chi connectivity index (χ1v) is 9.51. The number of ether oxygens (including phenoxy) is 2. The molecule has 4 rings (SSSR count). The molecule has 5 nitrogen and oxygen atoms in total. The molecule has 0 bridgehead atoms. The third-order valence-electron chi connectivity index (χ3n) is 4.40. The van der Waals surface area contributed by atoms with Crippen LogP contribution >= 0.6 is 0 Å². The summed E-state index contributed by atoms with van der Waals surface area (Å²) in [4.78, 5) is 11.7. The minimum absolute atomic E-state index is 0.166. The Hall–Kier alpha value is -2.81. The van der Waals surface area contributed by atoms with Crippen LogP contribution in [-0.2, 0) is 22.0 Å². The van der Waals surface area contributed by atoms with E-state index in [0.29, 0.717) is 28.2 Å². The number of benzene rings is 2. The highest BCUT2D eigenvalue weighted by atomic mass is 32.2. The standard InChI is InChI=1S/C19H14F3NO4S/c20-19(21,22)12-3-6-14-15(7-8-26-16(14)9-12)27-13-4-1-11(2-5-13)17-10-18(24)23-28(17)25/h1-6,9-10,15H,7-8H2,(H,23,24). The SMILES string of the molecule is O=C1C=C(c2ccc(OC3CCOc4cc(C(F)(F)F)ccc43)cc2)S(=O)N1. The molecule has 2 unspecified atom stereocenters. The van der Waals surface area contributed by atoms with Crippen molar-refractivity contribution in [3.05, 3.63) is 65.2 Å². The zero-order valence-electron chi connectivity index (χ0n) is 14.3. The summed E-state index contributed by atoms with van der Waals surface area (Å²) >= 11 is 0. The molecule has 1 N–H and O–H groups in total. The fourth-order valence-corrected chi connectivity index (χ4v) is 3.97. The van der Waals surface area contributed by atoms with Crippen LogP contribution in [0.1, 0.15) is 29.2 Å². The molecule has 1 amide bonds. The molecule has 2 aliphatic rings. The number of hydrogen-bond donors (Lipinski definition) is 1. The van der Waals surface area contributed by atoms with Crippen molar-refractivity contribution in [3.63, 3.8) is 0 Å². The van der Waals surface area contributed by atoms with E-state index in [1.807, 2.05) is 0 Å². The van der Waals surface area contributed by atoms with Crippen LogP contribution in [0, 0.1) is 0 Å². The first-order valence-electron chi connectivity index (χ1n) is 8.36. The van der Waals surface area contributed by atoms with Crippen molar-refractivity contribution in [1.29, 1.82) is 0 Å². The molecule has 0 aliphatic carbocycles. The Bertz CT molecular complexity index is 986. The van der Waals surface area contributed by atoms with Crippen LogP contribution in [-0.4, -0.2) is 16.7 Å². The number of hydrogen-bond acceptors (Lipinski definition) is 4. The Labute approximate surface area is 160 Å². The highest BCUT2D eigenvalue weighted by Gasteiger charge is 2.33. The summed E-state index contributed by atoms with van der Waals surface area (Å²) in [5.74, 6) is 0.259. The van der Waals surface area contributed by atoms with Crippen molar-refractivity contribution < 1.29 is 31.6 Å². The summed E-state index contributed by atoms with van der Waals surface area (Å²) < 4.78 is 64.0. The molecule has 2 atom stereocenters. The normalized spacial score (nSPS) is 21.4. The number of fused-ring (bicyclic) bond motifs is 1. The molecule has 0 aromatic heterocycles. The lowest BCUT2D eigenvalue weighted by molar-refractivity contribution is -0.137. The number of carbonyl (C=O) groups excluding carboxylic acids is 1. The molecule has 0 spiro atoms. The largest absolute Gasteiger partial charge is 0.493 e. The molecule has 0 saturated heterocycles. The molecule has 146 valence electrons. The summed E-state index contributed by atoms with van der Waals surface area (Å²) in [6, 6.07) is 10.0. The molecule has 2 aromatic rings. The Morgan fingerprint density at radius 3 is 2.54 bits per heavy atom. The lowest BCUT2D eigenvalue weighted by Crippen LogP contribution is -2.19. The van der Waals surface area contributed by atoms with Crippen LogP contribution in [0.5, 0.6) is 11.5 Å². The van der Waals surface area contributed by atoms with Gasteiger partial charge in [0.1, 0.15) is 17.6 Å². The molecular weight excluding hydrogens is 395 g/mol. The van der Waals surface area contributed by atoms with Gasteiger partial charge in [0.05, 0.1) is 17.1 Å². The number of alkyl halides is 3. The topological polar surface area (TPSA) is 64.6 Å². The van der Waals surface area contributed by atoms with Crippen molar-refractivity contribution in [2.75, 3.05) is 6.61 Å². The lowest BCUT2D eigenvalue weighted by Gasteiger charge is -2.27. The highest BCUT2D eigenvalue weighted by molar-refractivity contribution is 7.93. The maximum Gasteiger partial charge on any atom is 0.416 e. The van der Waals surface area contributed by atoms with Crippen molar-refractivity contribution in [2.24, 2.45) is 0 Å². The molecule has 2 aromatic carbocycles. The maximum atomic E-state index is 12.9. The smallest absolute Gasteiger partial charge is 0.416 e. The van der Waals surface area contributed by atoms with E-state index >= 15 is 0 Å². The van der Waals surface area contributed by atoms with Crippen molar-refractivity contribution in [1.82, 2.24) is 4.72 Å². The van der Waals surface area contributed by atoms with E-state index in [9.17, 15) is 22.2 Å². The Kier molecular flexibility index (Phi) is 4.62. The fourth-order valence-electron chi connectivity index (χ4n) is 3.06. The lowest BCUT2D eigenvalue weighted by atomic mass is 10.0. The van der Waals surface area contributed by atoms with Gasteiger partial charge >= 0.3 is 6.18 Å². The van der Waals surface area contributed by atoms with Crippen LogP contribution in [0.2, 0.25) is 0 Å². The molecule has 0 saturated carbocycles. The van der Waals surface area contributed by atoms with Gasteiger partial charge in [-0.05, 0) is 29.8 Å². The number of rotatable bonds is 3. The molecular formula is C19H14F3NO4S. The van der Waals surface area contributed by atoms with Gasteiger partial charge in [0, 0.05) is 18.1 Å². The minimum atomic E-state index is -4.44. The average molecular weight is 409 g/mol. The van der Waals surface area contributed by atoms with E-state index in [2.05, 4.69) is 4.72 Å². The van der Waals surface area contributed by atoms with E-state index < -0.39 is 34.7 Å². The van der Waals surface area contributed by atoms with Crippen LogP contribution in [0.25, 0.3) is 4.91 Å². The third kappa shape index (κ3) is 3.62. The monoisotopic (exact) mass is 409 g/mol. The second-order valence-electron chi connectivity index (χ2n) is 6.26. The van der Waals surface area contributed by atoms with Crippen molar-refractivity contribution in [3.8, 4) is 11.5 Å². The first-order chi connectivity index (χ1) is 13.3. The first kappa shape index (κ1) is 18.5. The van der Waals surface area contributed by atoms with E-state index in [0.717, 1.165) is 12.1 Å². The molecule has 0 fully saturated rings. The second-order valence-corrected chi connectivity index (χ2v) is 7.44. The Morgan fingerprint density at radius 2 is 1.89 bits per heavy atom. The fraction of sp³-hybridized carbons (Fsp3) is 0.211. The number of amides is 1. The van der Waals surface area contributed by atoms with Crippen molar-refractivity contribution >= 4 is 21.8 Å². The van der Waals surface area contributed by atoms with Crippen LogP contribution in [0.3, 0.4) is 0 Å². The highest BCUT2D eigenvalue weighted by Crippen LogP contribution is 2.39. The summed E-state index contributed by atoms with van der Waals surface area (Å²) in [5.41, 5.74) is 0.404. The van der Waals surface area contributed by atoms with Gasteiger partial charge in [-0.25, -0.2) is 4.21 Å². The molecule has 2 aliphatic heterocycles. The van der Waals surface area contributed by atoms with Crippen molar-refractivity contribution in [2.45, 2.75) is 18.7 Å². The molecule has 0 radical (unpaired) electrons. The minimum Gasteiger partial charge on any atom is -0.493 e. The Balaban J connectivity index is 1.54. The molecule has 2 heterocycles. The maximum absolute atomic E-state index is 12.9. The quantitative estimate of drug-likeness (QED) is 0.839. The zero-order valence-corrected chi connectivity index (χ0v) is 15.1. The summed E-state index contributed by atoms with van der Waals surface area (Å²) in [5, 5.41) is 0. The molecule has 9 heteroatoms. The predicted molar refractivity (Wildman–Crippen MR) is 95.6 cm³/mol. The van der Waals surface area contributed by atoms with Gasteiger partial charge in [-0.3, -0.25) is 9.52 Å². The van der Waals surface area contributed by atoms with E-state index in [4.69, 9.17) is 9.47 Å². The zero-order chi connectivity index (χ0) is 19.9. The average Bonchev–Trinajstić information content (AvgIpc) is 2.99. The van der Waals surface area contributed by atoms with Gasteiger partial charge in [0.2, 0.25) is 0 Å². The van der Waals surface area contributed by atoms with Gasteiger partial charge < -0.3 is 9.47 Å². The summed E-state index contributed by atoms with van der Waals surface area (Å²) in [6.07, 6.45) is -3.11. The van der Waals surface area contributed by atoms with E-state index in [1.54, 1.807) is 24.3 Å². The predicted octanol–water partition coefficient (Wildman–Crippen LogP) is 3.74. The van der Waals surface area contributed by atoms with Gasteiger partial charge in [-0.1, -0.05) is 18.2 Å². The van der Waals surface area contributed by atoms with Gasteiger partial charge in [-0.15, -0.1) is 0 Å². The summed E-state index contributed by atoms with van der Waals surface area (Å²) in [6.45, 7) is 0.247. The van der Waals surface area contributed by atoms with Gasteiger partial charge in [0.15, 0.2) is 11.0 Å². The number of carbonyl (C=O) groups is 1. The number of nitrogens with one attached hydrogen (secondary N) is 1. The third-order valence-corrected chi connectivity index (χ3v) is 5.54. The van der Waals surface area contributed by atoms with Gasteiger partial charge in [-0.2, -0.15) is 13.2 Å². The second kappa shape index (κ2) is 6.97. The van der Waals surface area contributed by atoms with E-state index in [1.165, 1.54) is 12.1 Å². The van der Waals surface area contributed by atoms with E-state index in [-0.39, 0.29) is 12.4 Å². The van der Waals surface area contributed by atoms with Gasteiger partial charge in [0.25, 0.3) is 5.91 Å². The number of halogens is 3. The molecule has 28 heavy (non-hydrogen) atoms. The van der Waals surface area contributed by atoms with Crippen LogP contribution in [0.15, 0.2) is 48.5 Å². The summed E-state index contributed by atoms with van der Waals surface area (Å²) in [7, 11) is -1.58. The van der Waals surface area contributed by atoms with Crippen LogP contribution in [0.4, 0.5) is 13.2 Å². The van der Waals surface area contributed by atoms with Crippen LogP contribution < -0.4 is 14.2 Å².